The van der Waals surface area contributed by atoms with Gasteiger partial charge in [-0.3, -0.25) is 0 Å². The third-order valence-corrected chi connectivity index (χ3v) is 9.37. The summed E-state index contributed by atoms with van der Waals surface area (Å²) >= 11 is 0. The highest BCUT2D eigenvalue weighted by atomic mass is 28.3. The summed E-state index contributed by atoms with van der Waals surface area (Å²) in [5.41, 5.74) is -1.56. The van der Waals surface area contributed by atoms with Crippen LogP contribution in [0.5, 0.6) is 0 Å². The lowest BCUT2D eigenvalue weighted by molar-refractivity contribution is -0.0703. The lowest BCUT2D eigenvalue weighted by atomic mass is 9.93. The number of anilines is 2. The zero-order valence-corrected chi connectivity index (χ0v) is 24.8. The van der Waals surface area contributed by atoms with Gasteiger partial charge in [-0.15, -0.1) is 0 Å². The molecule has 1 fully saturated rings. The number of hydrogen-bond acceptors (Lipinski definition) is 8. The molecule has 2 rings (SSSR count). The molecule has 0 saturated carbocycles. The van der Waals surface area contributed by atoms with Crippen molar-refractivity contribution in [1.82, 2.24) is 9.97 Å². The van der Waals surface area contributed by atoms with Crippen LogP contribution in [0.1, 0.15) is 13.3 Å². The van der Waals surface area contributed by atoms with Crippen LogP contribution in [-0.2, 0) is 14.2 Å². The Morgan fingerprint density at radius 3 is 2.20 bits per heavy atom. The highest BCUT2D eigenvalue weighted by Gasteiger charge is 2.41. The Labute approximate surface area is 213 Å². The summed E-state index contributed by atoms with van der Waals surface area (Å²) < 4.78 is 32.9. The van der Waals surface area contributed by atoms with Gasteiger partial charge in [0.05, 0.1) is 25.9 Å². The van der Waals surface area contributed by atoms with Crippen molar-refractivity contribution in [2.75, 3.05) is 62.8 Å². The van der Waals surface area contributed by atoms with E-state index in [0.29, 0.717) is 51.4 Å². The van der Waals surface area contributed by atoms with Crippen LogP contribution in [-0.4, -0.2) is 96.0 Å². The van der Waals surface area contributed by atoms with E-state index in [-0.39, 0.29) is 19.8 Å². The van der Waals surface area contributed by atoms with Crippen LogP contribution in [0.2, 0.25) is 51.4 Å². The third-order valence-electron chi connectivity index (χ3n) is 5.96. The topological polar surface area (TPSA) is 80.2 Å². The number of aliphatic hydroxyl groups is 1. The number of ether oxygens (including phenoxy) is 3. The number of alkyl halides is 1. The van der Waals surface area contributed by atoms with E-state index < -0.39 is 27.9 Å². The van der Waals surface area contributed by atoms with E-state index in [4.69, 9.17) is 24.3 Å². The molecule has 0 amide bonds. The van der Waals surface area contributed by atoms with Gasteiger partial charge in [-0.1, -0.05) is 39.3 Å². The summed E-state index contributed by atoms with van der Waals surface area (Å²) in [4.78, 5) is 13.0. The van der Waals surface area contributed by atoms with Gasteiger partial charge in [0.1, 0.15) is 19.3 Å². The zero-order chi connectivity index (χ0) is 26.1. The molecule has 8 nitrogen and oxygen atoms in total. The number of nitrogens with zero attached hydrogens (tertiary/aromatic N) is 4. The average Bonchev–Trinajstić information content (AvgIpc) is 2.75. The second-order valence-electron chi connectivity index (χ2n) is 12.0. The molecule has 0 bridgehead atoms. The first-order valence-electron chi connectivity index (χ1n) is 12.7. The van der Waals surface area contributed by atoms with Crippen LogP contribution in [0.15, 0.2) is 12.3 Å². The Kier molecular flexibility index (Phi) is 11.6. The molecular formula is C24H47FN4O4Si2. The number of aromatic nitrogens is 2. The van der Waals surface area contributed by atoms with Gasteiger partial charge in [0, 0.05) is 42.1 Å². The summed E-state index contributed by atoms with van der Waals surface area (Å²) in [6, 6.07) is 4.03. The van der Waals surface area contributed by atoms with Gasteiger partial charge < -0.3 is 29.1 Å². The fourth-order valence-electron chi connectivity index (χ4n) is 3.69. The molecule has 35 heavy (non-hydrogen) atoms. The van der Waals surface area contributed by atoms with Crippen molar-refractivity contribution in [3.63, 3.8) is 0 Å². The van der Waals surface area contributed by atoms with Crippen LogP contribution in [0.3, 0.4) is 0 Å². The number of rotatable bonds is 15. The van der Waals surface area contributed by atoms with Crippen molar-refractivity contribution < 1.29 is 23.7 Å². The molecule has 2 atom stereocenters. The fraction of sp³-hybridized carbons (Fsp3) is 0.833. The first-order valence-corrected chi connectivity index (χ1v) is 20.1. The van der Waals surface area contributed by atoms with Crippen molar-refractivity contribution >= 4 is 27.9 Å². The zero-order valence-electron chi connectivity index (χ0n) is 22.8. The molecule has 1 saturated heterocycles. The SMILES string of the molecule is C[C@]1(F)CN(c2nccc(N(COCC[Si](C)(C)C)COCC[Si](C)(C)C)n2)CC[C@H]1OCCO. The smallest absolute Gasteiger partial charge is 0.227 e. The van der Waals surface area contributed by atoms with E-state index in [1.165, 1.54) is 6.92 Å². The third kappa shape index (κ3) is 11.2. The van der Waals surface area contributed by atoms with E-state index in [1.54, 1.807) is 6.20 Å². The van der Waals surface area contributed by atoms with E-state index in [1.807, 2.05) is 15.9 Å². The van der Waals surface area contributed by atoms with E-state index >= 15 is 4.39 Å². The van der Waals surface area contributed by atoms with E-state index in [2.05, 4.69) is 44.3 Å². The molecule has 202 valence electrons. The minimum Gasteiger partial charge on any atom is -0.394 e. The van der Waals surface area contributed by atoms with E-state index in [0.717, 1.165) is 12.1 Å². The normalized spacial score (nSPS) is 21.4. The van der Waals surface area contributed by atoms with Gasteiger partial charge in [0.25, 0.3) is 0 Å². The predicted molar refractivity (Wildman–Crippen MR) is 146 cm³/mol. The van der Waals surface area contributed by atoms with Crippen LogP contribution in [0, 0.1) is 0 Å². The maximum atomic E-state index is 15.3. The Hall–Kier alpha value is -1.12. The molecule has 1 aromatic rings. The van der Waals surface area contributed by atoms with Crippen LogP contribution in [0.4, 0.5) is 16.2 Å². The standard InChI is InChI=1S/C24H47FN4O4Si2/c1-24(25)18-28(11-9-21(24)33-13-12-30)23-26-10-8-22(27-23)29(19-31-14-16-34(2,3)4)20-32-15-17-35(5,6)7/h8,10,21,30H,9,11-20H2,1-7H3/t21-,24+/m1/s1. The monoisotopic (exact) mass is 530 g/mol. The number of hydrogen-bond donors (Lipinski definition) is 1. The largest absolute Gasteiger partial charge is 0.394 e. The molecule has 1 aromatic heterocycles. The molecule has 0 unspecified atom stereocenters. The van der Waals surface area contributed by atoms with Crippen molar-refractivity contribution in [2.24, 2.45) is 0 Å². The van der Waals surface area contributed by atoms with Crippen LogP contribution in [0.25, 0.3) is 0 Å². The van der Waals surface area contributed by atoms with Gasteiger partial charge in [0.15, 0.2) is 5.67 Å². The molecule has 0 spiro atoms. The summed E-state index contributed by atoms with van der Waals surface area (Å²) in [6.45, 7) is 18.5. The van der Waals surface area contributed by atoms with Crippen molar-refractivity contribution in [3.8, 4) is 0 Å². The molecule has 0 aliphatic carbocycles. The first-order chi connectivity index (χ1) is 16.3. The second-order valence-corrected chi connectivity index (χ2v) is 23.3. The summed E-state index contributed by atoms with van der Waals surface area (Å²) in [7, 11) is -2.36. The Morgan fingerprint density at radius 1 is 1.09 bits per heavy atom. The quantitative estimate of drug-likeness (QED) is 0.205. The van der Waals surface area contributed by atoms with Crippen molar-refractivity contribution in [3.05, 3.63) is 12.3 Å². The number of halogens is 1. The molecule has 2 heterocycles. The Bertz CT molecular complexity index is 740. The number of piperidine rings is 1. The molecule has 1 N–H and O–H groups in total. The van der Waals surface area contributed by atoms with E-state index in [9.17, 15) is 0 Å². The maximum absolute atomic E-state index is 15.3. The molecule has 11 heteroatoms. The van der Waals surface area contributed by atoms with Gasteiger partial charge >= 0.3 is 0 Å². The van der Waals surface area contributed by atoms with Gasteiger partial charge in [0.2, 0.25) is 5.95 Å². The first kappa shape index (κ1) is 30.1. The molecular weight excluding hydrogens is 483 g/mol. The molecule has 1 aliphatic rings. The predicted octanol–water partition coefficient (Wildman–Crippen LogP) is 4.22. The molecule has 1 aliphatic heterocycles. The summed E-state index contributed by atoms with van der Waals surface area (Å²) in [5, 5.41) is 9.01. The average molecular weight is 531 g/mol. The van der Waals surface area contributed by atoms with Crippen molar-refractivity contribution in [2.45, 2.75) is 76.5 Å². The Morgan fingerprint density at radius 2 is 1.69 bits per heavy atom. The summed E-state index contributed by atoms with van der Waals surface area (Å²) in [5.74, 6) is 1.19. The number of aliphatic hydroxyl groups excluding tert-OH is 1. The molecule has 0 radical (unpaired) electrons. The fourth-order valence-corrected chi connectivity index (χ4v) is 5.21. The minimum atomic E-state index is -1.56. The van der Waals surface area contributed by atoms with Gasteiger partial charge in [-0.2, -0.15) is 4.98 Å². The van der Waals surface area contributed by atoms with Crippen LogP contribution >= 0.6 is 0 Å². The lowest BCUT2D eigenvalue weighted by Crippen LogP contribution is -2.54. The molecule has 0 aromatic carbocycles. The second kappa shape index (κ2) is 13.4. The lowest BCUT2D eigenvalue weighted by Gasteiger charge is -2.41. The van der Waals surface area contributed by atoms with Gasteiger partial charge in [-0.05, 0) is 31.5 Å². The summed E-state index contributed by atoms with van der Waals surface area (Å²) in [6.07, 6.45) is 1.66. The highest BCUT2D eigenvalue weighted by Crippen LogP contribution is 2.30. The van der Waals surface area contributed by atoms with Gasteiger partial charge in [-0.25, -0.2) is 9.37 Å². The Balaban J connectivity index is 2.07. The highest BCUT2D eigenvalue weighted by molar-refractivity contribution is 6.76. The maximum Gasteiger partial charge on any atom is 0.227 e. The minimum absolute atomic E-state index is 0.114. The van der Waals surface area contributed by atoms with Crippen molar-refractivity contribution in [1.29, 1.82) is 0 Å². The van der Waals surface area contributed by atoms with Crippen LogP contribution < -0.4 is 9.80 Å².